The molecule has 0 aliphatic heterocycles. The SMILES string of the molecule is N#C/C(=C\c1ccccc1OCC(=O)Nc1ccc(Cl)c(Cl)c1)C(=O)Nc1ccc(F)cc1. The highest BCUT2D eigenvalue weighted by atomic mass is 35.5. The molecule has 3 rings (SSSR count). The van der Waals surface area contributed by atoms with Crippen LogP contribution in [0.3, 0.4) is 0 Å². The molecule has 0 aliphatic rings. The van der Waals surface area contributed by atoms with E-state index in [0.717, 1.165) is 0 Å². The maximum atomic E-state index is 13.0. The molecule has 3 aromatic rings. The maximum absolute atomic E-state index is 13.0. The second-order valence-corrected chi connectivity index (χ2v) is 7.45. The zero-order chi connectivity index (χ0) is 23.8. The first-order valence-electron chi connectivity index (χ1n) is 9.51. The minimum Gasteiger partial charge on any atom is -0.483 e. The number of carbonyl (C=O) groups excluding carboxylic acids is 2. The topological polar surface area (TPSA) is 91.2 Å². The Bertz CT molecular complexity index is 1250. The Labute approximate surface area is 199 Å². The Kier molecular flexibility index (Phi) is 8.03. The van der Waals surface area contributed by atoms with Crippen LogP contribution in [0.1, 0.15) is 5.56 Å². The summed E-state index contributed by atoms with van der Waals surface area (Å²) in [7, 11) is 0. The number of hydrogen-bond acceptors (Lipinski definition) is 4. The Balaban J connectivity index is 1.69. The van der Waals surface area contributed by atoms with Gasteiger partial charge in [0.15, 0.2) is 6.61 Å². The minimum atomic E-state index is -0.670. The summed E-state index contributed by atoms with van der Waals surface area (Å²) in [6.07, 6.45) is 1.34. The average Bonchev–Trinajstić information content (AvgIpc) is 2.80. The number of amides is 2. The van der Waals surface area contributed by atoms with E-state index >= 15 is 0 Å². The summed E-state index contributed by atoms with van der Waals surface area (Å²) >= 11 is 11.8. The van der Waals surface area contributed by atoms with E-state index < -0.39 is 17.6 Å². The molecule has 0 aliphatic carbocycles. The number of anilines is 2. The molecule has 0 aromatic heterocycles. The van der Waals surface area contributed by atoms with Crippen molar-refractivity contribution in [1.29, 1.82) is 5.26 Å². The summed E-state index contributed by atoms with van der Waals surface area (Å²) in [5, 5.41) is 15.3. The van der Waals surface area contributed by atoms with Crippen LogP contribution in [0, 0.1) is 17.1 Å². The van der Waals surface area contributed by atoms with Crippen molar-refractivity contribution in [1.82, 2.24) is 0 Å². The van der Waals surface area contributed by atoms with Gasteiger partial charge in [0, 0.05) is 16.9 Å². The molecule has 0 radical (unpaired) electrons. The lowest BCUT2D eigenvalue weighted by Gasteiger charge is -2.11. The number of rotatable bonds is 7. The van der Waals surface area contributed by atoms with Crippen molar-refractivity contribution in [2.24, 2.45) is 0 Å². The zero-order valence-electron chi connectivity index (χ0n) is 16.9. The molecule has 0 saturated carbocycles. The van der Waals surface area contributed by atoms with E-state index in [1.54, 1.807) is 36.4 Å². The number of halogens is 3. The first-order valence-corrected chi connectivity index (χ1v) is 10.3. The molecule has 166 valence electrons. The predicted molar refractivity (Wildman–Crippen MR) is 126 cm³/mol. The Hall–Kier alpha value is -3.86. The van der Waals surface area contributed by atoms with Crippen LogP contribution in [0.15, 0.2) is 72.3 Å². The van der Waals surface area contributed by atoms with Crippen LogP contribution in [0.25, 0.3) is 6.08 Å². The monoisotopic (exact) mass is 483 g/mol. The molecule has 0 bridgehead atoms. The summed E-state index contributed by atoms with van der Waals surface area (Å²) < 4.78 is 18.6. The van der Waals surface area contributed by atoms with Crippen molar-refractivity contribution in [3.63, 3.8) is 0 Å². The van der Waals surface area contributed by atoms with Crippen LogP contribution < -0.4 is 15.4 Å². The van der Waals surface area contributed by atoms with Gasteiger partial charge in [0.1, 0.15) is 23.2 Å². The summed E-state index contributed by atoms with van der Waals surface area (Å²) in [4.78, 5) is 24.7. The average molecular weight is 484 g/mol. The molecule has 0 atom stereocenters. The first kappa shape index (κ1) is 23.8. The van der Waals surface area contributed by atoms with Crippen LogP contribution in [-0.4, -0.2) is 18.4 Å². The van der Waals surface area contributed by atoms with Crippen LogP contribution in [0.2, 0.25) is 10.0 Å². The first-order chi connectivity index (χ1) is 15.9. The number of carbonyl (C=O) groups is 2. The van der Waals surface area contributed by atoms with E-state index in [0.29, 0.717) is 32.7 Å². The molecule has 6 nitrogen and oxygen atoms in total. The summed E-state index contributed by atoms with van der Waals surface area (Å²) in [5.41, 5.74) is 1.02. The van der Waals surface area contributed by atoms with Crippen molar-refractivity contribution >= 4 is 52.5 Å². The van der Waals surface area contributed by atoms with E-state index in [9.17, 15) is 19.2 Å². The van der Waals surface area contributed by atoms with Crippen LogP contribution in [0.5, 0.6) is 5.75 Å². The Morgan fingerprint density at radius 2 is 1.67 bits per heavy atom. The molecule has 9 heteroatoms. The quantitative estimate of drug-likeness (QED) is 0.333. The third kappa shape index (κ3) is 6.81. The third-order valence-corrected chi connectivity index (χ3v) is 4.99. The van der Waals surface area contributed by atoms with Crippen molar-refractivity contribution in [3.8, 4) is 11.8 Å². The maximum Gasteiger partial charge on any atom is 0.266 e. The smallest absolute Gasteiger partial charge is 0.266 e. The lowest BCUT2D eigenvalue weighted by atomic mass is 10.1. The summed E-state index contributed by atoms with van der Waals surface area (Å²) in [6, 6.07) is 18.3. The van der Waals surface area contributed by atoms with Gasteiger partial charge in [0.2, 0.25) is 0 Å². The molecule has 0 saturated heterocycles. The lowest BCUT2D eigenvalue weighted by Crippen LogP contribution is -2.20. The minimum absolute atomic E-state index is 0.198. The molecule has 0 spiro atoms. The molecule has 33 heavy (non-hydrogen) atoms. The molecular weight excluding hydrogens is 468 g/mol. The van der Waals surface area contributed by atoms with E-state index in [4.69, 9.17) is 27.9 Å². The number of benzene rings is 3. The summed E-state index contributed by atoms with van der Waals surface area (Å²) in [5.74, 6) is -1.26. The molecule has 2 amide bonds. The van der Waals surface area contributed by atoms with Gasteiger partial charge in [-0.1, -0.05) is 41.4 Å². The van der Waals surface area contributed by atoms with Gasteiger partial charge in [-0.15, -0.1) is 0 Å². The highest BCUT2D eigenvalue weighted by Gasteiger charge is 2.12. The highest BCUT2D eigenvalue weighted by Crippen LogP contribution is 2.25. The highest BCUT2D eigenvalue weighted by molar-refractivity contribution is 6.42. The molecule has 2 N–H and O–H groups in total. The van der Waals surface area contributed by atoms with Crippen molar-refractivity contribution in [3.05, 3.63) is 93.7 Å². The molecule has 3 aromatic carbocycles. The molecule has 0 unspecified atom stereocenters. The van der Waals surface area contributed by atoms with Crippen molar-refractivity contribution in [2.75, 3.05) is 17.2 Å². The van der Waals surface area contributed by atoms with Gasteiger partial charge in [-0.25, -0.2) is 4.39 Å². The predicted octanol–water partition coefficient (Wildman–Crippen LogP) is 5.70. The van der Waals surface area contributed by atoms with Gasteiger partial charge in [-0.2, -0.15) is 5.26 Å². The van der Waals surface area contributed by atoms with Crippen molar-refractivity contribution in [2.45, 2.75) is 0 Å². The fourth-order valence-corrected chi connectivity index (χ4v) is 2.98. The second kappa shape index (κ2) is 11.1. The number of hydrogen-bond donors (Lipinski definition) is 2. The summed E-state index contributed by atoms with van der Waals surface area (Å²) in [6.45, 7) is -0.325. The fraction of sp³-hybridized carbons (Fsp3) is 0.0417. The number of nitriles is 1. The standard InChI is InChI=1S/C24H16Cl2FN3O3/c25-20-10-9-19(12-21(20)26)29-23(31)14-33-22-4-2-1-3-15(22)11-16(13-28)24(32)30-18-7-5-17(27)6-8-18/h1-12H,14H2,(H,29,31)(H,30,32)/b16-11+. The molecule has 0 heterocycles. The number of nitrogens with one attached hydrogen (secondary N) is 2. The van der Waals surface area contributed by atoms with E-state index in [1.807, 2.05) is 6.07 Å². The number of para-hydroxylation sites is 1. The van der Waals surface area contributed by atoms with E-state index in [1.165, 1.54) is 36.4 Å². The van der Waals surface area contributed by atoms with E-state index in [2.05, 4.69) is 10.6 Å². The van der Waals surface area contributed by atoms with Gasteiger partial charge in [-0.05, 0) is 54.6 Å². The van der Waals surface area contributed by atoms with Gasteiger partial charge >= 0.3 is 0 Å². The zero-order valence-corrected chi connectivity index (χ0v) is 18.5. The second-order valence-electron chi connectivity index (χ2n) is 6.63. The lowest BCUT2D eigenvalue weighted by molar-refractivity contribution is -0.118. The normalized spacial score (nSPS) is 10.8. The Morgan fingerprint density at radius 1 is 0.970 bits per heavy atom. The molecule has 0 fully saturated rings. The van der Waals surface area contributed by atoms with Gasteiger partial charge < -0.3 is 15.4 Å². The number of nitrogens with zero attached hydrogens (tertiary/aromatic N) is 1. The van der Waals surface area contributed by atoms with Gasteiger partial charge in [0.25, 0.3) is 11.8 Å². The van der Waals surface area contributed by atoms with Crippen LogP contribution >= 0.6 is 23.2 Å². The van der Waals surface area contributed by atoms with Gasteiger partial charge in [0.05, 0.1) is 10.0 Å². The van der Waals surface area contributed by atoms with Crippen LogP contribution in [-0.2, 0) is 9.59 Å². The largest absolute Gasteiger partial charge is 0.483 e. The van der Waals surface area contributed by atoms with Crippen molar-refractivity contribution < 1.29 is 18.7 Å². The molecular formula is C24H16Cl2FN3O3. The number of ether oxygens (including phenoxy) is 1. The van der Waals surface area contributed by atoms with Crippen LogP contribution in [0.4, 0.5) is 15.8 Å². The third-order valence-electron chi connectivity index (χ3n) is 4.25. The Morgan fingerprint density at radius 3 is 2.36 bits per heavy atom. The van der Waals surface area contributed by atoms with E-state index in [-0.39, 0.29) is 12.2 Å². The fourth-order valence-electron chi connectivity index (χ4n) is 2.68. The van der Waals surface area contributed by atoms with Gasteiger partial charge in [-0.3, -0.25) is 9.59 Å².